The molecule has 3 amide bonds. The number of hydrogen-bond acceptors (Lipinski definition) is 5. The van der Waals surface area contributed by atoms with Gasteiger partial charge in [-0.15, -0.1) is 0 Å². The summed E-state index contributed by atoms with van der Waals surface area (Å²) in [5.74, 6) is 0.530. The average molecular weight is 404 g/mol. The van der Waals surface area contributed by atoms with E-state index in [-0.39, 0.29) is 29.6 Å². The highest BCUT2D eigenvalue weighted by molar-refractivity contribution is 6.22. The lowest BCUT2D eigenvalue weighted by molar-refractivity contribution is 0.0631. The Morgan fingerprint density at radius 2 is 2.00 bits per heavy atom. The molecular formula is C22H20N4O4. The largest absolute Gasteiger partial charge is 0.467 e. The van der Waals surface area contributed by atoms with Gasteiger partial charge in [-0.05, 0) is 56.0 Å². The van der Waals surface area contributed by atoms with Crippen molar-refractivity contribution in [3.05, 3.63) is 71.3 Å². The van der Waals surface area contributed by atoms with E-state index in [2.05, 4.69) is 17.3 Å². The summed E-state index contributed by atoms with van der Waals surface area (Å²) in [6.07, 6.45) is 5.49. The van der Waals surface area contributed by atoms with Gasteiger partial charge >= 0.3 is 0 Å². The number of furan rings is 1. The van der Waals surface area contributed by atoms with Gasteiger partial charge in [-0.1, -0.05) is 0 Å². The quantitative estimate of drug-likeness (QED) is 0.634. The fourth-order valence-electron chi connectivity index (χ4n) is 3.84. The van der Waals surface area contributed by atoms with Crippen molar-refractivity contribution in [2.75, 3.05) is 5.32 Å². The summed E-state index contributed by atoms with van der Waals surface area (Å²) in [6, 6.07) is 9.92. The van der Waals surface area contributed by atoms with Crippen LogP contribution in [-0.2, 0) is 6.54 Å². The van der Waals surface area contributed by atoms with Gasteiger partial charge in [0.15, 0.2) is 0 Å². The lowest BCUT2D eigenvalue weighted by Crippen LogP contribution is -2.28. The van der Waals surface area contributed by atoms with Crippen molar-refractivity contribution >= 4 is 23.5 Å². The molecule has 1 aromatic carbocycles. The van der Waals surface area contributed by atoms with Crippen molar-refractivity contribution in [1.29, 1.82) is 0 Å². The first-order chi connectivity index (χ1) is 14.5. The Hall–Kier alpha value is -3.68. The number of rotatable bonds is 6. The van der Waals surface area contributed by atoms with E-state index in [1.807, 2.05) is 4.68 Å². The van der Waals surface area contributed by atoms with Crippen LogP contribution < -0.4 is 5.32 Å². The minimum Gasteiger partial charge on any atom is -0.467 e. The van der Waals surface area contributed by atoms with Crippen LogP contribution in [-0.4, -0.2) is 32.4 Å². The first-order valence-corrected chi connectivity index (χ1v) is 9.90. The van der Waals surface area contributed by atoms with Gasteiger partial charge < -0.3 is 9.73 Å². The van der Waals surface area contributed by atoms with Crippen molar-refractivity contribution in [3.63, 3.8) is 0 Å². The molecule has 0 radical (unpaired) electrons. The zero-order valence-corrected chi connectivity index (χ0v) is 16.4. The van der Waals surface area contributed by atoms with Gasteiger partial charge in [-0.3, -0.25) is 19.3 Å². The first-order valence-electron chi connectivity index (χ1n) is 9.90. The van der Waals surface area contributed by atoms with Crippen LogP contribution >= 0.6 is 0 Å². The molecule has 1 aliphatic heterocycles. The molecule has 0 spiro atoms. The zero-order valence-electron chi connectivity index (χ0n) is 16.4. The highest BCUT2D eigenvalue weighted by atomic mass is 16.3. The van der Waals surface area contributed by atoms with Gasteiger partial charge in [-0.25, -0.2) is 4.68 Å². The Bertz CT molecular complexity index is 1140. The molecule has 1 fully saturated rings. The van der Waals surface area contributed by atoms with Crippen molar-refractivity contribution in [1.82, 2.24) is 14.7 Å². The molecule has 0 bridgehead atoms. The summed E-state index contributed by atoms with van der Waals surface area (Å²) in [5, 5.41) is 7.21. The summed E-state index contributed by atoms with van der Waals surface area (Å²) in [6.45, 7) is 2.15. The Morgan fingerprint density at radius 3 is 2.73 bits per heavy atom. The van der Waals surface area contributed by atoms with Crippen molar-refractivity contribution in [2.24, 2.45) is 5.92 Å². The molecule has 5 rings (SSSR count). The molecule has 2 aromatic heterocycles. The number of carbonyl (C=O) groups excluding carboxylic acids is 3. The van der Waals surface area contributed by atoms with Crippen molar-refractivity contribution in [2.45, 2.75) is 32.4 Å². The molecule has 0 saturated heterocycles. The average Bonchev–Trinajstić information content (AvgIpc) is 3.19. The smallest absolute Gasteiger partial charge is 0.261 e. The molecule has 1 aliphatic carbocycles. The van der Waals surface area contributed by atoms with E-state index in [9.17, 15) is 14.4 Å². The van der Waals surface area contributed by atoms with Crippen molar-refractivity contribution < 1.29 is 18.8 Å². The lowest BCUT2D eigenvalue weighted by atomic mass is 10.1. The van der Waals surface area contributed by atoms with E-state index in [1.165, 1.54) is 31.2 Å². The maximum atomic E-state index is 12.8. The second-order valence-electron chi connectivity index (χ2n) is 7.73. The van der Waals surface area contributed by atoms with Gasteiger partial charge in [0.05, 0.1) is 36.2 Å². The number of anilines is 1. The number of benzene rings is 1. The van der Waals surface area contributed by atoms with Crippen LogP contribution in [0, 0.1) is 5.92 Å². The summed E-state index contributed by atoms with van der Waals surface area (Å²) in [5.41, 5.74) is 0.816. The molecule has 1 N–H and O–H groups in total. The molecule has 8 heteroatoms. The van der Waals surface area contributed by atoms with E-state index in [0.717, 1.165) is 4.90 Å². The first kappa shape index (κ1) is 18.4. The summed E-state index contributed by atoms with van der Waals surface area (Å²) in [4.78, 5) is 39.3. The fourth-order valence-corrected chi connectivity index (χ4v) is 3.84. The Balaban J connectivity index is 1.36. The second kappa shape index (κ2) is 6.98. The zero-order chi connectivity index (χ0) is 20.8. The molecule has 3 heterocycles. The normalized spacial score (nSPS) is 16.6. The molecule has 1 atom stereocenters. The van der Waals surface area contributed by atoms with Crippen LogP contribution in [0.5, 0.6) is 0 Å². The van der Waals surface area contributed by atoms with Gasteiger partial charge in [0.1, 0.15) is 11.6 Å². The molecule has 8 nitrogen and oxygen atoms in total. The Labute approximate surface area is 172 Å². The third-order valence-corrected chi connectivity index (χ3v) is 5.73. The molecule has 30 heavy (non-hydrogen) atoms. The number of nitrogens with one attached hydrogen (secondary N) is 1. The van der Waals surface area contributed by atoms with E-state index in [4.69, 9.17) is 4.42 Å². The van der Waals surface area contributed by atoms with Crippen LogP contribution in [0.3, 0.4) is 0 Å². The van der Waals surface area contributed by atoms with E-state index < -0.39 is 11.8 Å². The SMILES string of the molecule is CC(C1CC1)n1nccc1NC(=O)c1ccc2c(c1)C(=O)N(Cc1ccco1)C2=O. The van der Waals surface area contributed by atoms with Crippen LogP contribution in [0.25, 0.3) is 0 Å². The van der Waals surface area contributed by atoms with Gasteiger partial charge in [0.2, 0.25) is 0 Å². The van der Waals surface area contributed by atoms with E-state index in [0.29, 0.717) is 23.1 Å². The Morgan fingerprint density at radius 1 is 1.20 bits per heavy atom. The number of hydrogen-bond donors (Lipinski definition) is 1. The van der Waals surface area contributed by atoms with Crippen molar-refractivity contribution in [3.8, 4) is 0 Å². The maximum absolute atomic E-state index is 12.8. The topological polar surface area (TPSA) is 97.4 Å². The standard InChI is InChI=1S/C22H20N4O4/c1-13(14-4-5-14)26-19(8-9-23-26)24-20(27)15-6-7-17-18(11-15)22(29)25(21(17)28)12-16-3-2-10-30-16/h2-3,6-11,13-14H,4-5,12H2,1H3,(H,24,27). The third-order valence-electron chi connectivity index (χ3n) is 5.73. The molecule has 1 saturated carbocycles. The minimum absolute atomic E-state index is 0.0547. The van der Waals surface area contributed by atoms with Crippen LogP contribution in [0.15, 0.2) is 53.3 Å². The van der Waals surface area contributed by atoms with E-state index >= 15 is 0 Å². The predicted octanol–water partition coefficient (Wildman–Crippen LogP) is 3.50. The van der Waals surface area contributed by atoms with Crippen LogP contribution in [0.2, 0.25) is 0 Å². The minimum atomic E-state index is -0.437. The molecule has 3 aromatic rings. The summed E-state index contributed by atoms with van der Waals surface area (Å²) < 4.78 is 7.07. The Kier molecular flexibility index (Phi) is 4.27. The highest BCUT2D eigenvalue weighted by Crippen LogP contribution is 2.40. The van der Waals surface area contributed by atoms with Gasteiger partial charge in [0.25, 0.3) is 17.7 Å². The van der Waals surface area contributed by atoms with Gasteiger partial charge in [0, 0.05) is 11.6 Å². The number of nitrogens with zero attached hydrogens (tertiary/aromatic N) is 3. The monoisotopic (exact) mass is 404 g/mol. The summed E-state index contributed by atoms with van der Waals surface area (Å²) in [7, 11) is 0. The predicted molar refractivity (Wildman–Crippen MR) is 107 cm³/mol. The lowest BCUT2D eigenvalue weighted by Gasteiger charge is -2.15. The highest BCUT2D eigenvalue weighted by Gasteiger charge is 2.36. The molecular weight excluding hydrogens is 384 g/mol. The maximum Gasteiger partial charge on any atom is 0.261 e. The van der Waals surface area contributed by atoms with Crippen LogP contribution in [0.4, 0.5) is 5.82 Å². The number of fused-ring (bicyclic) bond motifs is 1. The number of carbonyl (C=O) groups is 3. The summed E-state index contributed by atoms with van der Waals surface area (Å²) >= 11 is 0. The number of amides is 3. The van der Waals surface area contributed by atoms with Gasteiger partial charge in [-0.2, -0.15) is 5.10 Å². The second-order valence-corrected chi connectivity index (χ2v) is 7.73. The third kappa shape index (κ3) is 3.10. The number of imide groups is 1. The fraction of sp³-hybridized carbons (Fsp3) is 0.273. The molecule has 152 valence electrons. The number of aromatic nitrogens is 2. The molecule has 2 aliphatic rings. The van der Waals surface area contributed by atoms with E-state index in [1.54, 1.807) is 30.5 Å². The molecule has 1 unspecified atom stereocenters. The van der Waals surface area contributed by atoms with Crippen LogP contribution in [0.1, 0.15) is 62.6 Å².